The molecule has 122 valence electrons. The maximum Gasteiger partial charge on any atom is 0.320 e. The third-order valence-electron chi connectivity index (χ3n) is 3.28. The van der Waals surface area contributed by atoms with Crippen molar-refractivity contribution < 1.29 is 19.4 Å². The molecule has 2 N–H and O–H groups in total. The predicted octanol–water partition coefficient (Wildman–Crippen LogP) is 1.87. The van der Waals surface area contributed by atoms with Gasteiger partial charge in [0, 0.05) is 26.6 Å². The first kappa shape index (κ1) is 18.4. The van der Waals surface area contributed by atoms with Crippen LogP contribution in [0.2, 0.25) is 0 Å². The van der Waals surface area contributed by atoms with Gasteiger partial charge in [0.1, 0.15) is 11.8 Å². The standard InChI is InChI=1S/C15H21BrN2O4/c1-10(15(20)21)18(7-6-17-11(2)19)9-12-4-5-14(22-3)13(16)8-12/h4-5,8,10H,6-7,9H2,1-3H3,(H,17,19)(H,20,21). The molecule has 0 aromatic heterocycles. The van der Waals surface area contributed by atoms with Crippen molar-refractivity contribution in [3.8, 4) is 5.75 Å². The Morgan fingerprint density at radius 2 is 2.14 bits per heavy atom. The summed E-state index contributed by atoms with van der Waals surface area (Å²) in [6, 6.07) is 4.98. The van der Waals surface area contributed by atoms with E-state index in [2.05, 4.69) is 21.2 Å². The average molecular weight is 373 g/mol. The van der Waals surface area contributed by atoms with E-state index in [1.165, 1.54) is 6.92 Å². The van der Waals surface area contributed by atoms with Crippen LogP contribution in [-0.4, -0.2) is 48.1 Å². The van der Waals surface area contributed by atoms with Crippen LogP contribution in [0.4, 0.5) is 0 Å². The second kappa shape index (κ2) is 8.75. The monoisotopic (exact) mass is 372 g/mol. The smallest absolute Gasteiger partial charge is 0.320 e. The highest BCUT2D eigenvalue weighted by Gasteiger charge is 2.20. The van der Waals surface area contributed by atoms with Crippen molar-refractivity contribution in [3.63, 3.8) is 0 Å². The SMILES string of the molecule is COc1ccc(CN(CCNC(C)=O)C(C)C(=O)O)cc1Br. The molecule has 0 bridgehead atoms. The van der Waals surface area contributed by atoms with Crippen molar-refractivity contribution in [2.24, 2.45) is 0 Å². The van der Waals surface area contributed by atoms with Gasteiger partial charge in [-0.25, -0.2) is 0 Å². The van der Waals surface area contributed by atoms with Gasteiger partial charge in [-0.1, -0.05) is 6.07 Å². The number of aliphatic carboxylic acids is 1. The van der Waals surface area contributed by atoms with Crippen LogP contribution >= 0.6 is 15.9 Å². The first-order valence-electron chi connectivity index (χ1n) is 6.89. The average Bonchev–Trinajstić information content (AvgIpc) is 2.45. The number of carbonyl (C=O) groups is 2. The summed E-state index contributed by atoms with van der Waals surface area (Å²) in [5.74, 6) is -0.301. The number of rotatable bonds is 8. The quantitative estimate of drug-likeness (QED) is 0.728. The molecule has 0 aliphatic carbocycles. The van der Waals surface area contributed by atoms with Crippen molar-refractivity contribution >= 4 is 27.8 Å². The zero-order valence-corrected chi connectivity index (χ0v) is 14.5. The van der Waals surface area contributed by atoms with Crippen molar-refractivity contribution in [2.75, 3.05) is 20.2 Å². The summed E-state index contributed by atoms with van der Waals surface area (Å²) in [7, 11) is 1.59. The molecule has 0 saturated heterocycles. The normalized spacial score (nSPS) is 12.0. The van der Waals surface area contributed by atoms with E-state index < -0.39 is 12.0 Å². The van der Waals surface area contributed by atoms with E-state index >= 15 is 0 Å². The van der Waals surface area contributed by atoms with Crippen molar-refractivity contribution in [2.45, 2.75) is 26.4 Å². The van der Waals surface area contributed by atoms with Crippen LogP contribution < -0.4 is 10.1 Å². The maximum atomic E-state index is 11.2. The highest BCUT2D eigenvalue weighted by atomic mass is 79.9. The van der Waals surface area contributed by atoms with E-state index in [-0.39, 0.29) is 5.91 Å². The van der Waals surface area contributed by atoms with Gasteiger partial charge >= 0.3 is 5.97 Å². The summed E-state index contributed by atoms with van der Waals surface area (Å²) in [6.07, 6.45) is 0. The molecule has 7 heteroatoms. The molecule has 0 saturated carbocycles. The minimum atomic E-state index is -0.893. The highest BCUT2D eigenvalue weighted by molar-refractivity contribution is 9.10. The number of carboxylic acids is 1. The number of ether oxygens (including phenoxy) is 1. The van der Waals surface area contributed by atoms with Crippen molar-refractivity contribution in [1.82, 2.24) is 10.2 Å². The van der Waals surface area contributed by atoms with Crippen LogP contribution in [0, 0.1) is 0 Å². The zero-order valence-electron chi connectivity index (χ0n) is 12.9. The maximum absolute atomic E-state index is 11.2. The number of nitrogens with zero attached hydrogens (tertiary/aromatic N) is 1. The molecule has 1 atom stereocenters. The fraction of sp³-hybridized carbons (Fsp3) is 0.467. The molecule has 22 heavy (non-hydrogen) atoms. The Morgan fingerprint density at radius 3 is 2.64 bits per heavy atom. The summed E-state index contributed by atoms with van der Waals surface area (Å²) in [6.45, 7) is 4.40. The van der Waals surface area contributed by atoms with Gasteiger partial charge in [0.15, 0.2) is 0 Å². The molecule has 1 unspecified atom stereocenters. The first-order valence-corrected chi connectivity index (χ1v) is 7.68. The largest absolute Gasteiger partial charge is 0.496 e. The number of amides is 1. The summed E-state index contributed by atoms with van der Waals surface area (Å²) in [4.78, 5) is 24.0. The Bertz CT molecular complexity index is 536. The molecule has 6 nitrogen and oxygen atoms in total. The minimum Gasteiger partial charge on any atom is -0.496 e. The third-order valence-corrected chi connectivity index (χ3v) is 3.90. The Kier molecular flexibility index (Phi) is 7.34. The fourth-order valence-electron chi connectivity index (χ4n) is 1.98. The Hall–Kier alpha value is -1.60. The van der Waals surface area contributed by atoms with Gasteiger partial charge in [0.2, 0.25) is 5.91 Å². The van der Waals surface area contributed by atoms with E-state index in [0.29, 0.717) is 19.6 Å². The van der Waals surface area contributed by atoms with E-state index in [9.17, 15) is 14.7 Å². The second-order valence-electron chi connectivity index (χ2n) is 4.94. The van der Waals surface area contributed by atoms with E-state index in [0.717, 1.165) is 15.8 Å². The van der Waals surface area contributed by atoms with Crippen LogP contribution in [0.1, 0.15) is 19.4 Å². The topological polar surface area (TPSA) is 78.9 Å². The van der Waals surface area contributed by atoms with Gasteiger partial charge in [-0.3, -0.25) is 14.5 Å². The lowest BCUT2D eigenvalue weighted by atomic mass is 10.1. The molecule has 0 radical (unpaired) electrons. The fourth-order valence-corrected chi connectivity index (χ4v) is 2.57. The number of benzene rings is 1. The van der Waals surface area contributed by atoms with Crippen LogP contribution in [0.15, 0.2) is 22.7 Å². The van der Waals surface area contributed by atoms with Crippen LogP contribution in [0.25, 0.3) is 0 Å². The van der Waals surface area contributed by atoms with E-state index in [1.807, 2.05) is 18.2 Å². The molecule has 1 rings (SSSR count). The van der Waals surface area contributed by atoms with Gasteiger partial charge in [-0.15, -0.1) is 0 Å². The van der Waals surface area contributed by atoms with Gasteiger partial charge in [0.05, 0.1) is 11.6 Å². The predicted molar refractivity (Wildman–Crippen MR) is 86.9 cm³/mol. The van der Waals surface area contributed by atoms with Gasteiger partial charge < -0.3 is 15.2 Å². The minimum absolute atomic E-state index is 0.130. The Balaban J connectivity index is 2.80. The Labute approximate surface area is 138 Å². The van der Waals surface area contributed by atoms with Crippen molar-refractivity contribution in [1.29, 1.82) is 0 Å². The molecule has 0 spiro atoms. The first-order chi connectivity index (χ1) is 10.3. The highest BCUT2D eigenvalue weighted by Crippen LogP contribution is 2.26. The molecule has 1 aromatic carbocycles. The van der Waals surface area contributed by atoms with E-state index in [4.69, 9.17) is 4.74 Å². The van der Waals surface area contributed by atoms with Gasteiger partial charge in [-0.05, 0) is 40.5 Å². The van der Waals surface area contributed by atoms with Crippen molar-refractivity contribution in [3.05, 3.63) is 28.2 Å². The van der Waals surface area contributed by atoms with Crippen LogP contribution in [0.5, 0.6) is 5.75 Å². The number of methoxy groups -OCH3 is 1. The molecule has 1 amide bonds. The summed E-state index contributed by atoms with van der Waals surface area (Å²) < 4.78 is 6.00. The van der Waals surface area contributed by atoms with E-state index in [1.54, 1.807) is 18.9 Å². The third kappa shape index (κ3) is 5.65. The lowest BCUT2D eigenvalue weighted by molar-refractivity contribution is -0.142. The number of hydrogen-bond donors (Lipinski definition) is 2. The molecule has 0 heterocycles. The molecular weight excluding hydrogens is 352 g/mol. The number of halogens is 1. The molecular formula is C15H21BrN2O4. The summed E-state index contributed by atoms with van der Waals surface area (Å²) in [5, 5.41) is 11.9. The zero-order chi connectivity index (χ0) is 16.7. The number of nitrogens with one attached hydrogen (secondary N) is 1. The Morgan fingerprint density at radius 1 is 1.45 bits per heavy atom. The number of hydrogen-bond acceptors (Lipinski definition) is 4. The summed E-state index contributed by atoms with van der Waals surface area (Å²) in [5.41, 5.74) is 0.962. The number of carboxylic acid groups (broad SMARTS) is 1. The molecule has 0 fully saturated rings. The number of carbonyl (C=O) groups excluding carboxylic acids is 1. The van der Waals surface area contributed by atoms with Crippen LogP contribution in [-0.2, 0) is 16.1 Å². The van der Waals surface area contributed by atoms with Crippen LogP contribution in [0.3, 0.4) is 0 Å². The second-order valence-corrected chi connectivity index (χ2v) is 5.79. The molecule has 1 aromatic rings. The van der Waals surface area contributed by atoms with Gasteiger partial charge in [-0.2, -0.15) is 0 Å². The lowest BCUT2D eigenvalue weighted by Gasteiger charge is -2.26. The summed E-state index contributed by atoms with van der Waals surface area (Å²) >= 11 is 3.42. The molecule has 0 aliphatic heterocycles. The molecule has 0 aliphatic rings. The van der Waals surface area contributed by atoms with Gasteiger partial charge in [0.25, 0.3) is 0 Å². The lowest BCUT2D eigenvalue weighted by Crippen LogP contribution is -2.42.